The fourth-order valence-corrected chi connectivity index (χ4v) is 1.84. The van der Waals surface area contributed by atoms with Crippen LogP contribution < -0.4 is 0 Å². The fourth-order valence-electron chi connectivity index (χ4n) is 1.59. The van der Waals surface area contributed by atoms with Crippen LogP contribution in [0.2, 0.25) is 0 Å². The van der Waals surface area contributed by atoms with Crippen molar-refractivity contribution in [2.24, 2.45) is 0 Å². The Labute approximate surface area is 118 Å². The number of halogens is 2. The topological polar surface area (TPSA) is 61.9 Å². The number of aryl methyl sites for hydroxylation is 1. The minimum absolute atomic E-state index is 0.265. The summed E-state index contributed by atoms with van der Waals surface area (Å²) in [6.07, 6.45) is 0. The van der Waals surface area contributed by atoms with Crippen molar-refractivity contribution < 1.29 is 9.18 Å². The van der Waals surface area contributed by atoms with Gasteiger partial charge in [0.25, 0.3) is 5.91 Å². The third kappa shape index (κ3) is 3.17. The second-order valence-electron chi connectivity index (χ2n) is 4.13. The minimum atomic E-state index is -0.465. The molecule has 0 atom stereocenters. The molecule has 0 aliphatic carbocycles. The third-order valence-electron chi connectivity index (χ3n) is 2.54. The highest BCUT2D eigenvalue weighted by Crippen LogP contribution is 2.17. The van der Waals surface area contributed by atoms with Gasteiger partial charge < -0.3 is 4.90 Å². The van der Waals surface area contributed by atoms with Crippen molar-refractivity contribution in [1.29, 1.82) is 0 Å². The highest BCUT2D eigenvalue weighted by atomic mass is 79.9. The van der Waals surface area contributed by atoms with Crippen LogP contribution in [0.5, 0.6) is 0 Å². The number of nitrogens with zero attached hydrogens (tertiary/aromatic N) is 3. The van der Waals surface area contributed by atoms with Crippen LogP contribution in [0.25, 0.3) is 0 Å². The Kier molecular flexibility index (Phi) is 3.94. The van der Waals surface area contributed by atoms with E-state index in [9.17, 15) is 9.18 Å². The molecule has 0 saturated carbocycles. The highest BCUT2D eigenvalue weighted by Gasteiger charge is 2.15. The molecule has 0 fully saturated rings. The van der Waals surface area contributed by atoms with Crippen LogP contribution >= 0.6 is 15.9 Å². The van der Waals surface area contributed by atoms with Gasteiger partial charge in [0, 0.05) is 12.6 Å². The van der Waals surface area contributed by atoms with Crippen LogP contribution in [0, 0.1) is 12.7 Å². The normalized spacial score (nSPS) is 10.5. The SMILES string of the molecule is Cc1nc(CN(C)C(=O)c2ccc(Br)c(F)c2)n[nH]1. The van der Waals surface area contributed by atoms with Crippen molar-refractivity contribution in [3.05, 3.63) is 45.7 Å². The molecule has 1 amide bonds. The average molecular weight is 327 g/mol. The maximum absolute atomic E-state index is 13.4. The van der Waals surface area contributed by atoms with Gasteiger partial charge in [0.2, 0.25) is 0 Å². The first-order chi connectivity index (χ1) is 8.97. The number of amides is 1. The molecule has 1 aromatic heterocycles. The van der Waals surface area contributed by atoms with Crippen LogP contribution in [0.3, 0.4) is 0 Å². The monoisotopic (exact) mass is 326 g/mol. The Balaban J connectivity index is 2.12. The predicted molar refractivity (Wildman–Crippen MR) is 71.0 cm³/mol. The van der Waals surface area contributed by atoms with Gasteiger partial charge in [-0.15, -0.1) is 0 Å². The Morgan fingerprint density at radius 2 is 2.26 bits per heavy atom. The summed E-state index contributed by atoms with van der Waals surface area (Å²) in [5, 5.41) is 6.66. The molecule has 2 rings (SSSR count). The summed E-state index contributed by atoms with van der Waals surface area (Å²) in [7, 11) is 1.62. The van der Waals surface area contributed by atoms with Crippen molar-refractivity contribution >= 4 is 21.8 Å². The van der Waals surface area contributed by atoms with Gasteiger partial charge in [-0.1, -0.05) is 0 Å². The first-order valence-corrected chi connectivity index (χ1v) is 6.35. The smallest absolute Gasteiger partial charge is 0.254 e. The number of rotatable bonds is 3. The molecular weight excluding hydrogens is 315 g/mol. The maximum atomic E-state index is 13.4. The molecule has 1 heterocycles. The lowest BCUT2D eigenvalue weighted by atomic mass is 10.2. The molecule has 0 spiro atoms. The molecule has 0 aliphatic rings. The second kappa shape index (κ2) is 5.48. The lowest BCUT2D eigenvalue weighted by molar-refractivity contribution is 0.0781. The van der Waals surface area contributed by atoms with E-state index in [1.165, 1.54) is 17.0 Å². The van der Waals surface area contributed by atoms with Gasteiger partial charge in [0.05, 0.1) is 11.0 Å². The molecule has 1 aromatic carbocycles. The first-order valence-electron chi connectivity index (χ1n) is 5.56. The van der Waals surface area contributed by atoms with E-state index in [4.69, 9.17) is 0 Å². The molecular formula is C12H12BrFN4O. The van der Waals surface area contributed by atoms with E-state index in [0.717, 1.165) is 0 Å². The van der Waals surface area contributed by atoms with E-state index in [1.54, 1.807) is 20.0 Å². The molecule has 19 heavy (non-hydrogen) atoms. The molecule has 5 nitrogen and oxygen atoms in total. The molecule has 0 aliphatic heterocycles. The number of aromatic amines is 1. The number of carbonyl (C=O) groups is 1. The van der Waals surface area contributed by atoms with Crippen LogP contribution in [0.1, 0.15) is 22.0 Å². The summed E-state index contributed by atoms with van der Waals surface area (Å²) < 4.78 is 13.7. The predicted octanol–water partition coefficient (Wildman–Crippen LogP) is 2.29. The van der Waals surface area contributed by atoms with E-state index in [2.05, 4.69) is 31.1 Å². The van der Waals surface area contributed by atoms with Crippen molar-refractivity contribution in [1.82, 2.24) is 20.1 Å². The zero-order valence-electron chi connectivity index (χ0n) is 10.4. The van der Waals surface area contributed by atoms with Crippen molar-refractivity contribution in [2.45, 2.75) is 13.5 Å². The summed E-state index contributed by atoms with van der Waals surface area (Å²) >= 11 is 3.05. The zero-order valence-corrected chi connectivity index (χ0v) is 12.0. The van der Waals surface area contributed by atoms with E-state index in [1.807, 2.05) is 0 Å². The lowest BCUT2D eigenvalue weighted by Crippen LogP contribution is -2.26. The fraction of sp³-hybridized carbons (Fsp3) is 0.250. The number of H-pyrrole nitrogens is 1. The Bertz CT molecular complexity index is 614. The van der Waals surface area contributed by atoms with Crippen molar-refractivity contribution in [2.75, 3.05) is 7.05 Å². The Hall–Kier alpha value is -1.76. The standard InChI is InChI=1S/C12H12BrFN4O/c1-7-15-11(17-16-7)6-18(2)12(19)8-3-4-9(13)10(14)5-8/h3-5H,6H2,1-2H3,(H,15,16,17). The summed E-state index contributed by atoms with van der Waals surface area (Å²) in [4.78, 5) is 17.6. The van der Waals surface area contributed by atoms with Gasteiger partial charge in [-0.05, 0) is 41.1 Å². The van der Waals surface area contributed by atoms with E-state index in [0.29, 0.717) is 16.1 Å². The molecule has 1 N–H and O–H groups in total. The maximum Gasteiger partial charge on any atom is 0.254 e. The Morgan fingerprint density at radius 1 is 1.53 bits per heavy atom. The lowest BCUT2D eigenvalue weighted by Gasteiger charge is -2.15. The van der Waals surface area contributed by atoms with Crippen LogP contribution in [0.4, 0.5) is 4.39 Å². The van der Waals surface area contributed by atoms with Gasteiger partial charge in [-0.25, -0.2) is 9.37 Å². The van der Waals surface area contributed by atoms with E-state index in [-0.39, 0.29) is 18.0 Å². The van der Waals surface area contributed by atoms with E-state index >= 15 is 0 Å². The number of aromatic nitrogens is 3. The summed E-state index contributed by atoms with van der Waals surface area (Å²) in [6, 6.07) is 4.27. The summed E-state index contributed by atoms with van der Waals surface area (Å²) in [6.45, 7) is 2.04. The quantitative estimate of drug-likeness (QED) is 0.941. The van der Waals surface area contributed by atoms with Gasteiger partial charge in [-0.2, -0.15) is 5.10 Å². The largest absolute Gasteiger partial charge is 0.334 e. The number of nitrogens with one attached hydrogen (secondary N) is 1. The highest BCUT2D eigenvalue weighted by molar-refractivity contribution is 9.10. The molecule has 0 unspecified atom stereocenters. The van der Waals surface area contributed by atoms with Gasteiger partial charge in [0.1, 0.15) is 11.6 Å². The van der Waals surface area contributed by atoms with Gasteiger partial charge in [-0.3, -0.25) is 9.89 Å². The van der Waals surface area contributed by atoms with Crippen LogP contribution in [-0.2, 0) is 6.54 Å². The third-order valence-corrected chi connectivity index (χ3v) is 3.18. The number of hydrogen-bond donors (Lipinski definition) is 1. The Morgan fingerprint density at radius 3 is 2.84 bits per heavy atom. The number of benzene rings is 1. The molecule has 0 radical (unpaired) electrons. The minimum Gasteiger partial charge on any atom is -0.334 e. The van der Waals surface area contributed by atoms with Crippen LogP contribution in [-0.4, -0.2) is 33.0 Å². The second-order valence-corrected chi connectivity index (χ2v) is 4.98. The van der Waals surface area contributed by atoms with Crippen molar-refractivity contribution in [3.63, 3.8) is 0 Å². The molecule has 100 valence electrons. The first kappa shape index (κ1) is 13.7. The van der Waals surface area contributed by atoms with E-state index < -0.39 is 5.82 Å². The summed E-state index contributed by atoms with van der Waals surface area (Å²) in [5.74, 6) is 0.457. The average Bonchev–Trinajstić information content (AvgIpc) is 2.77. The van der Waals surface area contributed by atoms with Gasteiger partial charge in [0.15, 0.2) is 5.82 Å². The molecule has 7 heteroatoms. The van der Waals surface area contributed by atoms with Crippen molar-refractivity contribution in [3.8, 4) is 0 Å². The number of hydrogen-bond acceptors (Lipinski definition) is 3. The zero-order chi connectivity index (χ0) is 14.0. The molecule has 0 saturated heterocycles. The molecule has 2 aromatic rings. The van der Waals surface area contributed by atoms with Crippen LogP contribution in [0.15, 0.2) is 22.7 Å². The van der Waals surface area contributed by atoms with Gasteiger partial charge >= 0.3 is 0 Å². The molecule has 0 bridgehead atoms. The summed E-state index contributed by atoms with van der Waals surface area (Å²) in [5.41, 5.74) is 0.287. The number of carbonyl (C=O) groups excluding carboxylic acids is 1.